The van der Waals surface area contributed by atoms with E-state index < -0.39 is 5.91 Å². The maximum Gasteiger partial charge on any atom is 0.245 e. The first-order chi connectivity index (χ1) is 8.11. The van der Waals surface area contributed by atoms with Crippen molar-refractivity contribution in [3.8, 4) is 5.75 Å². The summed E-state index contributed by atoms with van der Waals surface area (Å²) in [7, 11) is 1.64. The monoisotopic (exact) mass is 238 g/mol. The molecule has 0 aliphatic carbocycles. The molecule has 17 heavy (non-hydrogen) atoms. The van der Waals surface area contributed by atoms with Gasteiger partial charge in [0.2, 0.25) is 5.91 Å². The molecule has 0 spiro atoms. The molecule has 1 aromatic rings. The van der Waals surface area contributed by atoms with Crippen LogP contribution in [-0.4, -0.2) is 25.7 Å². The number of hydroxylamine groups is 1. The van der Waals surface area contributed by atoms with Gasteiger partial charge in [-0.05, 0) is 31.0 Å². The van der Waals surface area contributed by atoms with Crippen LogP contribution >= 0.6 is 0 Å². The Balaban J connectivity index is 2.34. The van der Waals surface area contributed by atoms with E-state index in [1.54, 1.807) is 7.11 Å². The van der Waals surface area contributed by atoms with Gasteiger partial charge in [-0.25, -0.2) is 0 Å². The number of hydrogen-bond donors (Lipinski definition) is 2. The minimum absolute atomic E-state index is 0.0998. The number of methoxy groups -OCH3 is 1. The Morgan fingerprint density at radius 1 is 1.41 bits per heavy atom. The number of carbonyl (C=O) groups excluding carboxylic acids is 1. The number of hydrogen-bond acceptors (Lipinski definition) is 4. The van der Waals surface area contributed by atoms with E-state index in [9.17, 15) is 4.79 Å². The van der Waals surface area contributed by atoms with E-state index in [2.05, 4.69) is 5.48 Å². The second-order valence-corrected chi connectivity index (χ2v) is 3.83. The summed E-state index contributed by atoms with van der Waals surface area (Å²) in [6, 6.07) is 7.90. The van der Waals surface area contributed by atoms with E-state index in [1.807, 2.05) is 31.2 Å². The van der Waals surface area contributed by atoms with Gasteiger partial charge in [-0.3, -0.25) is 9.63 Å². The van der Waals surface area contributed by atoms with Crippen molar-refractivity contribution in [3.63, 3.8) is 0 Å². The third-order valence-electron chi connectivity index (χ3n) is 2.20. The molecule has 0 aliphatic heterocycles. The van der Waals surface area contributed by atoms with Gasteiger partial charge in [0, 0.05) is 6.04 Å². The van der Waals surface area contributed by atoms with E-state index >= 15 is 0 Å². The van der Waals surface area contributed by atoms with Crippen molar-refractivity contribution in [1.29, 1.82) is 0 Å². The first kappa shape index (κ1) is 13.5. The minimum atomic E-state index is -0.492. The van der Waals surface area contributed by atoms with Crippen molar-refractivity contribution < 1.29 is 14.4 Å². The van der Waals surface area contributed by atoms with Crippen LogP contribution in [0.2, 0.25) is 0 Å². The van der Waals surface area contributed by atoms with E-state index in [1.165, 1.54) is 0 Å². The number of amides is 1. The number of rotatable bonds is 7. The molecule has 0 bridgehead atoms. The highest BCUT2D eigenvalue weighted by atomic mass is 16.6. The average Bonchev–Trinajstić information content (AvgIpc) is 2.29. The lowest BCUT2D eigenvalue weighted by molar-refractivity contribution is -0.125. The summed E-state index contributed by atoms with van der Waals surface area (Å²) < 4.78 is 5.07. The van der Waals surface area contributed by atoms with Crippen LogP contribution in [0.5, 0.6) is 5.75 Å². The van der Waals surface area contributed by atoms with Crippen LogP contribution in [0.1, 0.15) is 12.5 Å². The molecule has 1 unspecified atom stereocenters. The van der Waals surface area contributed by atoms with Crippen molar-refractivity contribution in [2.24, 2.45) is 5.73 Å². The van der Waals surface area contributed by atoms with Gasteiger partial charge in [-0.15, -0.1) is 0 Å². The fraction of sp³-hybridized carbons (Fsp3) is 0.417. The molecular formula is C12H18N2O3. The van der Waals surface area contributed by atoms with Crippen LogP contribution in [0.25, 0.3) is 0 Å². The largest absolute Gasteiger partial charge is 0.497 e. The normalized spacial score (nSPS) is 12.1. The summed E-state index contributed by atoms with van der Waals surface area (Å²) in [5, 5.41) is 0. The van der Waals surface area contributed by atoms with Crippen LogP contribution in [-0.2, 0) is 16.1 Å². The zero-order chi connectivity index (χ0) is 12.7. The zero-order valence-electron chi connectivity index (χ0n) is 10.1. The molecule has 5 heteroatoms. The number of nitrogens with two attached hydrogens (primary N) is 1. The first-order valence-corrected chi connectivity index (χ1v) is 5.40. The molecule has 0 aromatic heterocycles. The van der Waals surface area contributed by atoms with E-state index in [4.69, 9.17) is 15.3 Å². The number of carbonyl (C=O) groups is 1. The number of ether oxygens (including phenoxy) is 1. The van der Waals surface area contributed by atoms with Crippen molar-refractivity contribution in [3.05, 3.63) is 29.8 Å². The van der Waals surface area contributed by atoms with Gasteiger partial charge >= 0.3 is 0 Å². The lowest BCUT2D eigenvalue weighted by atomic mass is 10.1. The lowest BCUT2D eigenvalue weighted by Gasteiger charge is -2.13. The third-order valence-corrected chi connectivity index (χ3v) is 2.20. The summed E-state index contributed by atoms with van der Waals surface area (Å²) in [5.41, 5.74) is 8.86. The Labute approximate surface area is 101 Å². The van der Waals surface area contributed by atoms with Gasteiger partial charge in [-0.2, -0.15) is 5.48 Å². The fourth-order valence-corrected chi connectivity index (χ4v) is 1.41. The predicted octanol–water partition coefficient (Wildman–Crippen LogP) is 0.633. The average molecular weight is 238 g/mol. The SMILES string of the molecule is COc1ccc(CC(C)NOCC(N)=O)cc1. The highest BCUT2D eigenvalue weighted by Gasteiger charge is 2.04. The summed E-state index contributed by atoms with van der Waals surface area (Å²) in [6.45, 7) is 1.85. The Morgan fingerprint density at radius 2 is 2.06 bits per heavy atom. The summed E-state index contributed by atoms with van der Waals surface area (Å²) >= 11 is 0. The Kier molecular flexibility index (Phi) is 5.45. The van der Waals surface area contributed by atoms with Crippen LogP contribution in [0.15, 0.2) is 24.3 Å². The van der Waals surface area contributed by atoms with Crippen molar-refractivity contribution in [2.45, 2.75) is 19.4 Å². The van der Waals surface area contributed by atoms with Crippen molar-refractivity contribution >= 4 is 5.91 Å². The summed E-state index contributed by atoms with van der Waals surface area (Å²) in [6.07, 6.45) is 0.794. The molecule has 5 nitrogen and oxygen atoms in total. The third kappa shape index (κ3) is 5.33. The van der Waals surface area contributed by atoms with Gasteiger partial charge in [-0.1, -0.05) is 12.1 Å². The molecule has 0 aliphatic rings. The first-order valence-electron chi connectivity index (χ1n) is 5.40. The number of primary amides is 1. The summed E-state index contributed by atoms with van der Waals surface area (Å²) in [4.78, 5) is 15.4. The smallest absolute Gasteiger partial charge is 0.245 e. The molecule has 1 rings (SSSR count). The standard InChI is InChI=1S/C12H18N2O3/c1-9(14-17-8-12(13)15)7-10-3-5-11(16-2)6-4-10/h3-6,9,14H,7-8H2,1-2H3,(H2,13,15). The molecule has 0 fully saturated rings. The summed E-state index contributed by atoms with van der Waals surface area (Å²) in [5.74, 6) is 0.341. The Bertz CT molecular complexity index is 351. The molecule has 1 aromatic carbocycles. The second-order valence-electron chi connectivity index (χ2n) is 3.83. The number of benzene rings is 1. The van der Waals surface area contributed by atoms with Crippen LogP contribution in [0.3, 0.4) is 0 Å². The topological polar surface area (TPSA) is 73.6 Å². The van der Waals surface area contributed by atoms with Crippen LogP contribution in [0, 0.1) is 0 Å². The predicted molar refractivity (Wildman–Crippen MR) is 64.4 cm³/mol. The number of nitrogens with one attached hydrogen (secondary N) is 1. The molecule has 0 radical (unpaired) electrons. The highest BCUT2D eigenvalue weighted by Crippen LogP contribution is 2.12. The van der Waals surface area contributed by atoms with Gasteiger partial charge in [0.05, 0.1) is 7.11 Å². The minimum Gasteiger partial charge on any atom is -0.497 e. The van der Waals surface area contributed by atoms with Crippen molar-refractivity contribution in [2.75, 3.05) is 13.7 Å². The fourth-order valence-electron chi connectivity index (χ4n) is 1.41. The quantitative estimate of drug-likeness (QED) is 0.683. The Morgan fingerprint density at radius 3 is 2.59 bits per heavy atom. The van der Waals surface area contributed by atoms with Crippen LogP contribution in [0.4, 0.5) is 0 Å². The lowest BCUT2D eigenvalue weighted by Crippen LogP contribution is -2.32. The maximum atomic E-state index is 10.5. The Hall–Kier alpha value is -1.59. The van der Waals surface area contributed by atoms with Gasteiger partial charge in [0.1, 0.15) is 12.4 Å². The van der Waals surface area contributed by atoms with Crippen LogP contribution < -0.4 is 16.0 Å². The molecule has 1 amide bonds. The van der Waals surface area contributed by atoms with E-state index in [-0.39, 0.29) is 12.6 Å². The second kappa shape index (κ2) is 6.88. The zero-order valence-corrected chi connectivity index (χ0v) is 10.1. The van der Waals surface area contributed by atoms with Crippen molar-refractivity contribution in [1.82, 2.24) is 5.48 Å². The highest BCUT2D eigenvalue weighted by molar-refractivity contribution is 5.74. The van der Waals surface area contributed by atoms with Gasteiger partial charge in [0.25, 0.3) is 0 Å². The molecular weight excluding hydrogens is 220 g/mol. The van der Waals surface area contributed by atoms with Gasteiger partial charge < -0.3 is 10.5 Å². The molecule has 0 heterocycles. The molecule has 0 saturated carbocycles. The van der Waals surface area contributed by atoms with E-state index in [0.717, 1.165) is 17.7 Å². The molecule has 94 valence electrons. The molecule has 1 atom stereocenters. The molecule has 3 N–H and O–H groups in total. The molecule has 0 saturated heterocycles. The van der Waals surface area contributed by atoms with E-state index in [0.29, 0.717) is 0 Å². The maximum absolute atomic E-state index is 10.5. The van der Waals surface area contributed by atoms with Gasteiger partial charge in [0.15, 0.2) is 0 Å².